The van der Waals surface area contributed by atoms with Crippen LogP contribution in [0.2, 0.25) is 0 Å². The number of quaternary nitrogens is 1. The molecule has 456 valence electrons. The number of unbranched alkanes of at least 4 members (excludes halogenated alkanes) is 44. The number of hydrogen-bond acceptors (Lipinski definition) is 6. The number of likely N-dealkylation sites (N-methyl/N-ethyl adjacent to an activating group) is 1. The fraction of sp³-hybridized carbons (Fsp3) is 0.910. The quantitative estimate of drug-likeness (QED) is 0.0205. The molecule has 10 heteroatoms. The van der Waals surface area contributed by atoms with E-state index in [4.69, 9.17) is 13.8 Å². The highest BCUT2D eigenvalue weighted by atomic mass is 31.2. The Balaban J connectivity index is 4.92. The molecule has 3 unspecified atom stereocenters. The smallest absolute Gasteiger partial charge is 0.456 e. The number of hydrogen-bond donors (Lipinski definition) is 2. The SMILES string of the molecule is CCCCCCCC/C=C\CCCCCC(=O)NC(COP(=O)(O)OCC[N+](C)(C)C)C(/C=C\CCCCCCCCCCC)OC(=O)CCCCCCCCCCCCCCCCCCCCCCCCCCCCC. The van der Waals surface area contributed by atoms with Gasteiger partial charge in [0.05, 0.1) is 33.8 Å². The second kappa shape index (κ2) is 57.7. The zero-order valence-electron chi connectivity index (χ0n) is 52.2. The average Bonchev–Trinajstić information content (AvgIpc) is 3.39. The van der Waals surface area contributed by atoms with Crippen molar-refractivity contribution in [1.29, 1.82) is 0 Å². The lowest BCUT2D eigenvalue weighted by molar-refractivity contribution is -0.870. The zero-order chi connectivity index (χ0) is 56.4. The molecular formula is C67H132N2O7P+. The number of carbonyl (C=O) groups is 2. The maximum Gasteiger partial charge on any atom is 0.472 e. The van der Waals surface area contributed by atoms with Crippen molar-refractivity contribution in [1.82, 2.24) is 5.32 Å². The maximum atomic E-state index is 13.5. The van der Waals surface area contributed by atoms with Crippen LogP contribution in [-0.2, 0) is 27.9 Å². The standard InChI is InChI=1S/C67H131N2O7P/c1-7-10-13-16-19-22-25-27-28-29-30-31-32-33-34-35-36-37-38-39-40-42-45-48-51-54-57-60-67(71)76-65(58-55-52-49-46-43-24-21-18-15-12-9-3)64(63-75-77(72,73)74-62-61-69(4,5)6)68-66(70)59-56-53-50-47-44-41-26-23-20-17-14-11-8-2/h41,44,55,58,64-65H,7-40,42-43,45-54,56-57,59-63H2,1-6H3,(H-,68,70,72,73)/p+1/b44-41-,58-55-. The molecule has 0 bridgehead atoms. The van der Waals surface area contributed by atoms with Gasteiger partial charge < -0.3 is 19.4 Å². The van der Waals surface area contributed by atoms with Gasteiger partial charge in [0.25, 0.3) is 0 Å². The molecule has 0 aromatic rings. The summed E-state index contributed by atoms with van der Waals surface area (Å²) in [5.74, 6) is -0.507. The second-order valence-corrected chi connectivity index (χ2v) is 25.8. The van der Waals surface area contributed by atoms with E-state index in [1.807, 2.05) is 33.3 Å². The van der Waals surface area contributed by atoms with Gasteiger partial charge in [-0.25, -0.2) is 4.57 Å². The number of phosphoric acid groups is 1. The summed E-state index contributed by atoms with van der Waals surface area (Å²) in [5.41, 5.74) is 0. The summed E-state index contributed by atoms with van der Waals surface area (Å²) in [6, 6.07) is -0.850. The fourth-order valence-corrected chi connectivity index (χ4v) is 10.9. The molecule has 0 spiro atoms. The Morgan fingerprint density at radius 1 is 0.442 bits per heavy atom. The molecule has 0 radical (unpaired) electrons. The molecule has 0 saturated heterocycles. The van der Waals surface area contributed by atoms with Gasteiger partial charge in [0.2, 0.25) is 5.91 Å². The van der Waals surface area contributed by atoms with Crippen molar-refractivity contribution < 1.29 is 37.3 Å². The molecule has 3 atom stereocenters. The number of ether oxygens (including phenoxy) is 1. The van der Waals surface area contributed by atoms with Gasteiger partial charge in [-0.05, 0) is 57.4 Å². The largest absolute Gasteiger partial charge is 0.472 e. The summed E-state index contributed by atoms with van der Waals surface area (Å²) in [6.07, 6.45) is 69.2. The number of nitrogens with zero attached hydrogens (tertiary/aromatic N) is 1. The molecule has 1 amide bonds. The van der Waals surface area contributed by atoms with E-state index < -0.39 is 20.0 Å². The number of carbonyl (C=O) groups excluding carboxylic acids is 2. The number of amides is 1. The highest BCUT2D eigenvalue weighted by Crippen LogP contribution is 2.43. The fourth-order valence-electron chi connectivity index (χ4n) is 10.2. The first kappa shape index (κ1) is 75.5. The highest BCUT2D eigenvalue weighted by Gasteiger charge is 2.30. The highest BCUT2D eigenvalue weighted by molar-refractivity contribution is 7.47. The van der Waals surface area contributed by atoms with Crippen molar-refractivity contribution in [2.45, 2.75) is 354 Å². The first-order valence-corrected chi connectivity index (χ1v) is 35.2. The molecule has 0 aliphatic rings. The van der Waals surface area contributed by atoms with Crippen LogP contribution in [0.4, 0.5) is 0 Å². The van der Waals surface area contributed by atoms with E-state index in [9.17, 15) is 19.0 Å². The minimum absolute atomic E-state index is 0.0409. The lowest BCUT2D eigenvalue weighted by Gasteiger charge is -2.27. The maximum absolute atomic E-state index is 13.5. The Morgan fingerprint density at radius 2 is 0.753 bits per heavy atom. The van der Waals surface area contributed by atoms with E-state index in [1.165, 1.54) is 238 Å². The Kier molecular flexibility index (Phi) is 56.6. The molecule has 0 aliphatic carbocycles. The Labute approximate surface area is 479 Å². The summed E-state index contributed by atoms with van der Waals surface area (Å²) in [7, 11) is 1.50. The predicted molar refractivity (Wildman–Crippen MR) is 333 cm³/mol. The molecule has 0 aliphatic heterocycles. The summed E-state index contributed by atoms with van der Waals surface area (Å²) < 4.78 is 30.7. The molecular weight excluding hydrogens is 976 g/mol. The number of allylic oxidation sites excluding steroid dienone is 3. The summed E-state index contributed by atoms with van der Waals surface area (Å²) in [4.78, 5) is 37.7. The van der Waals surface area contributed by atoms with Gasteiger partial charge in [-0.1, -0.05) is 296 Å². The number of nitrogens with one attached hydrogen (secondary N) is 1. The van der Waals surface area contributed by atoms with Crippen LogP contribution in [0.1, 0.15) is 342 Å². The van der Waals surface area contributed by atoms with Gasteiger partial charge in [0, 0.05) is 12.8 Å². The summed E-state index contributed by atoms with van der Waals surface area (Å²) in [6.45, 7) is 7.03. The van der Waals surface area contributed by atoms with E-state index in [-0.39, 0.29) is 25.1 Å². The van der Waals surface area contributed by atoms with Gasteiger partial charge in [0.15, 0.2) is 0 Å². The molecule has 0 saturated carbocycles. The van der Waals surface area contributed by atoms with Gasteiger partial charge in [-0.3, -0.25) is 18.6 Å². The molecule has 0 aromatic carbocycles. The van der Waals surface area contributed by atoms with Crippen LogP contribution < -0.4 is 5.32 Å². The van der Waals surface area contributed by atoms with Crippen molar-refractivity contribution in [3.05, 3.63) is 24.3 Å². The van der Waals surface area contributed by atoms with Crippen molar-refractivity contribution >= 4 is 19.7 Å². The molecule has 0 rings (SSSR count). The Morgan fingerprint density at radius 3 is 1.12 bits per heavy atom. The van der Waals surface area contributed by atoms with E-state index in [0.29, 0.717) is 23.9 Å². The Bertz CT molecular complexity index is 1370. The van der Waals surface area contributed by atoms with Gasteiger partial charge in [-0.15, -0.1) is 0 Å². The van der Waals surface area contributed by atoms with Gasteiger partial charge >= 0.3 is 13.8 Å². The van der Waals surface area contributed by atoms with Gasteiger partial charge in [-0.2, -0.15) is 0 Å². The topological polar surface area (TPSA) is 111 Å². The Hall–Kier alpha value is -1.51. The van der Waals surface area contributed by atoms with E-state index in [2.05, 4.69) is 38.2 Å². The second-order valence-electron chi connectivity index (χ2n) is 24.4. The monoisotopic (exact) mass is 1110 g/mol. The summed E-state index contributed by atoms with van der Waals surface area (Å²) in [5, 5.41) is 3.05. The zero-order valence-corrected chi connectivity index (χ0v) is 53.1. The molecule has 2 N–H and O–H groups in total. The molecule has 9 nitrogen and oxygen atoms in total. The average molecular weight is 1110 g/mol. The third kappa shape index (κ3) is 58.9. The van der Waals surface area contributed by atoms with Crippen LogP contribution in [0.3, 0.4) is 0 Å². The summed E-state index contributed by atoms with van der Waals surface area (Å²) >= 11 is 0. The molecule has 77 heavy (non-hydrogen) atoms. The van der Waals surface area contributed by atoms with E-state index in [0.717, 1.165) is 70.6 Å². The number of phosphoric ester groups is 1. The van der Waals surface area contributed by atoms with Crippen molar-refractivity contribution in [3.8, 4) is 0 Å². The lowest BCUT2D eigenvalue weighted by Crippen LogP contribution is -2.47. The van der Waals surface area contributed by atoms with Crippen LogP contribution in [-0.4, -0.2) is 74.3 Å². The number of esters is 1. The third-order valence-corrected chi connectivity index (χ3v) is 16.4. The first-order valence-electron chi connectivity index (χ1n) is 33.7. The molecule has 0 heterocycles. The normalized spacial score (nSPS) is 13.7. The lowest BCUT2D eigenvalue weighted by atomic mass is 10.0. The minimum Gasteiger partial charge on any atom is -0.456 e. The van der Waals surface area contributed by atoms with Crippen molar-refractivity contribution in [2.24, 2.45) is 0 Å². The van der Waals surface area contributed by atoms with Crippen LogP contribution in [0.25, 0.3) is 0 Å². The van der Waals surface area contributed by atoms with Crippen molar-refractivity contribution in [2.75, 3.05) is 40.9 Å². The predicted octanol–water partition coefficient (Wildman–Crippen LogP) is 20.9. The van der Waals surface area contributed by atoms with E-state index >= 15 is 0 Å². The minimum atomic E-state index is -4.45. The first-order chi connectivity index (χ1) is 37.4. The molecule has 0 fully saturated rings. The van der Waals surface area contributed by atoms with Crippen LogP contribution in [0.5, 0.6) is 0 Å². The molecule has 0 aromatic heterocycles. The van der Waals surface area contributed by atoms with Crippen LogP contribution >= 0.6 is 7.82 Å². The van der Waals surface area contributed by atoms with Crippen LogP contribution in [0, 0.1) is 0 Å². The third-order valence-electron chi connectivity index (χ3n) is 15.4. The van der Waals surface area contributed by atoms with Crippen molar-refractivity contribution in [3.63, 3.8) is 0 Å². The van der Waals surface area contributed by atoms with Gasteiger partial charge in [0.1, 0.15) is 19.3 Å². The number of rotatable bonds is 62. The van der Waals surface area contributed by atoms with Crippen LogP contribution in [0.15, 0.2) is 24.3 Å². The van der Waals surface area contributed by atoms with E-state index in [1.54, 1.807) is 0 Å².